The number of allylic oxidation sites excluding steroid dienone is 2. The summed E-state index contributed by atoms with van der Waals surface area (Å²) in [5, 5.41) is 19.9. The lowest BCUT2D eigenvalue weighted by Crippen LogP contribution is -2.34. The molecule has 2 nitrogen and oxygen atoms in total. The molecule has 0 bridgehead atoms. The second-order valence-corrected chi connectivity index (χ2v) is 5.55. The van der Waals surface area contributed by atoms with Gasteiger partial charge in [0.2, 0.25) is 0 Å². The van der Waals surface area contributed by atoms with Gasteiger partial charge in [-0.25, -0.2) is 0 Å². The van der Waals surface area contributed by atoms with E-state index in [1.54, 1.807) is 12.1 Å². The highest BCUT2D eigenvalue weighted by Gasteiger charge is 2.39. The standard InChI is InChI=1S/C16H20O2/c1-5-16(4)9-12-11(8-13(16)10(2)3)14(17)6-7-15(12)18/h5-7,13,17-18H,1-2,8-9H2,3-4H3/t13-,16-/m1/s1. The topological polar surface area (TPSA) is 40.5 Å². The summed E-state index contributed by atoms with van der Waals surface area (Å²) >= 11 is 0. The molecule has 1 aliphatic rings. The van der Waals surface area contributed by atoms with E-state index in [1.165, 1.54) is 0 Å². The van der Waals surface area contributed by atoms with Crippen molar-refractivity contribution < 1.29 is 10.2 Å². The molecular formula is C16H20O2. The maximum Gasteiger partial charge on any atom is 0.119 e. The molecule has 2 N–H and O–H groups in total. The molecule has 0 unspecified atom stereocenters. The lowest BCUT2D eigenvalue weighted by molar-refractivity contribution is 0.263. The normalized spacial score (nSPS) is 26.4. The summed E-state index contributed by atoms with van der Waals surface area (Å²) in [6.45, 7) is 12.1. The zero-order valence-electron chi connectivity index (χ0n) is 11.0. The fraction of sp³-hybridized carbons (Fsp3) is 0.375. The van der Waals surface area contributed by atoms with Gasteiger partial charge in [0.15, 0.2) is 0 Å². The fourth-order valence-corrected chi connectivity index (χ4v) is 2.99. The molecule has 0 aliphatic heterocycles. The van der Waals surface area contributed by atoms with Crippen molar-refractivity contribution in [2.75, 3.05) is 0 Å². The maximum absolute atomic E-state index is 9.97. The predicted molar refractivity (Wildman–Crippen MR) is 73.8 cm³/mol. The highest BCUT2D eigenvalue weighted by molar-refractivity contribution is 5.51. The lowest BCUT2D eigenvalue weighted by Gasteiger charge is -2.41. The van der Waals surface area contributed by atoms with Crippen molar-refractivity contribution in [3.63, 3.8) is 0 Å². The number of phenolic OH excluding ortho intramolecular Hbond substituents is 2. The zero-order valence-corrected chi connectivity index (χ0v) is 11.0. The Kier molecular flexibility index (Phi) is 2.97. The molecule has 0 saturated heterocycles. The molecule has 18 heavy (non-hydrogen) atoms. The van der Waals surface area contributed by atoms with Gasteiger partial charge < -0.3 is 10.2 Å². The highest BCUT2D eigenvalue weighted by Crippen LogP contribution is 2.48. The van der Waals surface area contributed by atoms with Crippen LogP contribution < -0.4 is 0 Å². The van der Waals surface area contributed by atoms with E-state index in [4.69, 9.17) is 0 Å². The molecule has 2 heteroatoms. The summed E-state index contributed by atoms with van der Waals surface area (Å²) in [4.78, 5) is 0. The van der Waals surface area contributed by atoms with Gasteiger partial charge in [-0.3, -0.25) is 0 Å². The van der Waals surface area contributed by atoms with E-state index in [2.05, 4.69) is 20.1 Å². The molecule has 1 aliphatic carbocycles. The second kappa shape index (κ2) is 4.20. The van der Waals surface area contributed by atoms with Gasteiger partial charge in [-0.2, -0.15) is 0 Å². The second-order valence-electron chi connectivity index (χ2n) is 5.55. The van der Waals surface area contributed by atoms with Crippen LogP contribution in [0, 0.1) is 11.3 Å². The average Bonchev–Trinajstić information content (AvgIpc) is 2.33. The first-order chi connectivity index (χ1) is 8.39. The molecule has 0 saturated carbocycles. The summed E-state index contributed by atoms with van der Waals surface area (Å²) < 4.78 is 0. The molecular weight excluding hydrogens is 224 g/mol. The van der Waals surface area contributed by atoms with Gasteiger partial charge in [-0.1, -0.05) is 25.2 Å². The van der Waals surface area contributed by atoms with Gasteiger partial charge in [-0.15, -0.1) is 6.58 Å². The summed E-state index contributed by atoms with van der Waals surface area (Å²) in [5.41, 5.74) is 2.66. The van der Waals surface area contributed by atoms with Crippen LogP contribution in [0.15, 0.2) is 36.9 Å². The Morgan fingerprint density at radius 2 is 1.89 bits per heavy atom. The van der Waals surface area contributed by atoms with Crippen molar-refractivity contribution in [1.29, 1.82) is 0 Å². The molecule has 2 rings (SSSR count). The molecule has 96 valence electrons. The van der Waals surface area contributed by atoms with E-state index < -0.39 is 0 Å². The number of rotatable bonds is 2. The minimum Gasteiger partial charge on any atom is -0.508 e. The first-order valence-corrected chi connectivity index (χ1v) is 6.20. The smallest absolute Gasteiger partial charge is 0.119 e. The number of hydrogen-bond acceptors (Lipinski definition) is 2. The van der Waals surface area contributed by atoms with E-state index in [9.17, 15) is 10.2 Å². The van der Waals surface area contributed by atoms with Crippen molar-refractivity contribution in [2.24, 2.45) is 11.3 Å². The number of fused-ring (bicyclic) bond motifs is 1. The highest BCUT2D eigenvalue weighted by atomic mass is 16.3. The number of hydrogen-bond donors (Lipinski definition) is 2. The molecule has 0 heterocycles. The van der Waals surface area contributed by atoms with Gasteiger partial charge >= 0.3 is 0 Å². The van der Waals surface area contributed by atoms with Gasteiger partial charge in [0.05, 0.1) is 0 Å². The molecule has 1 aromatic rings. The quantitative estimate of drug-likeness (QED) is 0.616. The molecule has 2 atom stereocenters. The Balaban J connectivity index is 2.58. The minimum absolute atomic E-state index is 0.121. The molecule has 0 amide bonds. The molecule has 1 aromatic carbocycles. The molecule has 0 aromatic heterocycles. The van der Waals surface area contributed by atoms with Crippen molar-refractivity contribution in [3.05, 3.63) is 48.1 Å². The lowest BCUT2D eigenvalue weighted by atomic mass is 9.63. The van der Waals surface area contributed by atoms with Crippen LogP contribution in [-0.4, -0.2) is 10.2 Å². The predicted octanol–water partition coefficient (Wildman–Crippen LogP) is 3.58. The zero-order chi connectivity index (χ0) is 13.5. The Morgan fingerprint density at radius 1 is 1.33 bits per heavy atom. The molecule has 0 radical (unpaired) electrons. The largest absolute Gasteiger partial charge is 0.508 e. The average molecular weight is 244 g/mol. The number of phenols is 2. The van der Waals surface area contributed by atoms with Gasteiger partial charge in [0.1, 0.15) is 11.5 Å². The Morgan fingerprint density at radius 3 is 2.39 bits per heavy atom. The Bertz CT molecular complexity index is 516. The first-order valence-electron chi connectivity index (χ1n) is 6.20. The van der Waals surface area contributed by atoms with Gasteiger partial charge in [0, 0.05) is 11.1 Å². The third kappa shape index (κ3) is 1.82. The van der Waals surface area contributed by atoms with E-state index in [0.717, 1.165) is 16.7 Å². The third-order valence-corrected chi connectivity index (χ3v) is 4.20. The van der Waals surface area contributed by atoms with Crippen LogP contribution in [-0.2, 0) is 12.8 Å². The van der Waals surface area contributed by atoms with E-state index in [-0.39, 0.29) is 22.8 Å². The SMILES string of the molecule is C=C[C@]1(C)Cc2c(O)ccc(O)c2C[C@@H]1C(=C)C. The van der Waals surface area contributed by atoms with Crippen LogP contribution in [0.25, 0.3) is 0 Å². The van der Waals surface area contributed by atoms with Crippen LogP contribution >= 0.6 is 0 Å². The molecule has 0 spiro atoms. The number of aromatic hydroxyl groups is 2. The van der Waals surface area contributed by atoms with E-state index >= 15 is 0 Å². The Hall–Kier alpha value is -1.70. The summed E-state index contributed by atoms with van der Waals surface area (Å²) in [6.07, 6.45) is 3.33. The van der Waals surface area contributed by atoms with Crippen LogP contribution in [0.3, 0.4) is 0 Å². The van der Waals surface area contributed by atoms with Gasteiger partial charge in [-0.05, 0) is 43.2 Å². The molecule has 0 fully saturated rings. The van der Waals surface area contributed by atoms with Crippen molar-refractivity contribution in [2.45, 2.75) is 26.7 Å². The monoisotopic (exact) mass is 244 g/mol. The minimum atomic E-state index is -0.121. The van der Waals surface area contributed by atoms with Crippen molar-refractivity contribution >= 4 is 0 Å². The summed E-state index contributed by atoms with van der Waals surface area (Å²) in [6, 6.07) is 3.11. The number of benzene rings is 1. The van der Waals surface area contributed by atoms with E-state index in [1.807, 2.05) is 13.0 Å². The van der Waals surface area contributed by atoms with Crippen LogP contribution in [0.4, 0.5) is 0 Å². The van der Waals surface area contributed by atoms with Crippen LogP contribution in [0.5, 0.6) is 11.5 Å². The van der Waals surface area contributed by atoms with Crippen LogP contribution in [0.1, 0.15) is 25.0 Å². The maximum atomic E-state index is 9.97. The Labute approximate surface area is 108 Å². The first kappa shape index (κ1) is 12.7. The van der Waals surface area contributed by atoms with Crippen molar-refractivity contribution in [1.82, 2.24) is 0 Å². The van der Waals surface area contributed by atoms with E-state index in [0.29, 0.717) is 12.8 Å². The fourth-order valence-electron chi connectivity index (χ4n) is 2.99. The van der Waals surface area contributed by atoms with Crippen LogP contribution in [0.2, 0.25) is 0 Å². The summed E-state index contributed by atoms with van der Waals surface area (Å²) in [7, 11) is 0. The van der Waals surface area contributed by atoms with Crippen molar-refractivity contribution in [3.8, 4) is 11.5 Å². The summed E-state index contributed by atoms with van der Waals surface area (Å²) in [5.74, 6) is 0.770. The van der Waals surface area contributed by atoms with Gasteiger partial charge in [0.25, 0.3) is 0 Å². The third-order valence-electron chi connectivity index (χ3n) is 4.20.